The van der Waals surface area contributed by atoms with Crippen molar-refractivity contribution in [1.82, 2.24) is 0 Å². The second-order valence-corrected chi connectivity index (χ2v) is 8.23. The molecule has 0 aliphatic carbocycles. The van der Waals surface area contributed by atoms with Crippen molar-refractivity contribution < 1.29 is 9.47 Å². The summed E-state index contributed by atoms with van der Waals surface area (Å²) < 4.78 is 12.0. The molecule has 0 amide bonds. The highest BCUT2D eigenvalue weighted by Crippen LogP contribution is 2.36. The Morgan fingerprint density at radius 1 is 0.750 bits per heavy atom. The van der Waals surface area contributed by atoms with E-state index in [-0.39, 0.29) is 6.10 Å². The fourth-order valence-corrected chi connectivity index (χ4v) is 4.18. The topological polar surface area (TPSA) is 24.9 Å². The Labute approximate surface area is 196 Å². The second-order valence-electron chi connectivity index (χ2n) is 8.23. The van der Waals surface area contributed by atoms with Crippen LogP contribution >= 0.6 is 0 Å². The van der Waals surface area contributed by atoms with Gasteiger partial charge in [-0.2, -0.15) is 0 Å². The number of benzene rings is 2. The Morgan fingerprint density at radius 3 is 1.84 bits per heavy atom. The van der Waals surface area contributed by atoms with E-state index in [9.17, 15) is 0 Å². The summed E-state index contributed by atoms with van der Waals surface area (Å²) in [7, 11) is 1.78. The van der Waals surface area contributed by atoms with E-state index >= 15 is 0 Å². The quantitative estimate of drug-likeness (QED) is 0.295. The second kappa shape index (κ2) is 14.1. The number of anilines is 2. The fourth-order valence-electron chi connectivity index (χ4n) is 4.18. The van der Waals surface area contributed by atoms with Crippen LogP contribution in [0.25, 0.3) is 0 Å². The van der Waals surface area contributed by atoms with Crippen LogP contribution in [0.1, 0.15) is 77.5 Å². The fraction of sp³-hybridized carbons (Fsp3) is 0.571. The van der Waals surface area contributed by atoms with Gasteiger partial charge in [-0.05, 0) is 57.4 Å². The first-order valence-electron chi connectivity index (χ1n) is 12.5. The molecule has 0 fully saturated rings. The minimum Gasteiger partial charge on any atom is -0.493 e. The largest absolute Gasteiger partial charge is 0.493 e. The van der Waals surface area contributed by atoms with Crippen LogP contribution in [-0.4, -0.2) is 39.9 Å². The van der Waals surface area contributed by atoms with Crippen LogP contribution in [0.15, 0.2) is 42.5 Å². The van der Waals surface area contributed by atoms with Gasteiger partial charge in [-0.15, -0.1) is 0 Å². The van der Waals surface area contributed by atoms with E-state index in [1.54, 1.807) is 7.11 Å². The Balaban J connectivity index is 2.32. The maximum absolute atomic E-state index is 6.06. The van der Waals surface area contributed by atoms with Crippen molar-refractivity contribution in [2.24, 2.45) is 0 Å². The molecule has 1 unspecified atom stereocenters. The van der Waals surface area contributed by atoms with E-state index in [1.165, 1.54) is 37.1 Å². The zero-order valence-electron chi connectivity index (χ0n) is 21.2. The molecule has 0 aliphatic rings. The minimum absolute atomic E-state index is 0.156. The van der Waals surface area contributed by atoms with Gasteiger partial charge in [0.2, 0.25) is 0 Å². The van der Waals surface area contributed by atoms with Gasteiger partial charge in [0.15, 0.2) is 0 Å². The lowest BCUT2D eigenvalue weighted by Crippen LogP contribution is -2.25. The molecule has 2 aromatic rings. The van der Waals surface area contributed by atoms with Crippen LogP contribution in [0, 0.1) is 0 Å². The SMILES string of the molecule is CCCCN(CCCC)c1ccc(C(OC)c2ccc(N(CC)CC)cc2OCC)cc1. The molecule has 2 rings (SSSR count). The Hall–Kier alpha value is -2.20. The van der Waals surface area contributed by atoms with Gasteiger partial charge in [-0.25, -0.2) is 0 Å². The highest BCUT2D eigenvalue weighted by Gasteiger charge is 2.20. The number of methoxy groups -OCH3 is 1. The van der Waals surface area contributed by atoms with Gasteiger partial charge in [-0.1, -0.05) is 44.9 Å². The van der Waals surface area contributed by atoms with Crippen LogP contribution in [-0.2, 0) is 4.74 Å². The van der Waals surface area contributed by atoms with Crippen LogP contribution < -0.4 is 14.5 Å². The van der Waals surface area contributed by atoms with Crippen molar-refractivity contribution in [3.63, 3.8) is 0 Å². The number of rotatable bonds is 15. The summed E-state index contributed by atoms with van der Waals surface area (Å²) in [6.07, 6.45) is 4.73. The highest BCUT2D eigenvalue weighted by molar-refractivity contribution is 5.56. The summed E-state index contributed by atoms with van der Waals surface area (Å²) in [6, 6.07) is 15.4. The molecule has 0 saturated heterocycles. The van der Waals surface area contributed by atoms with E-state index in [4.69, 9.17) is 9.47 Å². The predicted octanol–water partition coefficient (Wildman–Crippen LogP) is 7.07. The number of hydrogen-bond donors (Lipinski definition) is 0. The summed E-state index contributed by atoms with van der Waals surface area (Å²) in [5.74, 6) is 0.903. The smallest absolute Gasteiger partial charge is 0.127 e. The van der Waals surface area contributed by atoms with Gasteiger partial charge in [0, 0.05) is 56.3 Å². The van der Waals surface area contributed by atoms with Gasteiger partial charge < -0.3 is 19.3 Å². The molecule has 0 spiro atoms. The molecule has 0 heterocycles. The highest BCUT2D eigenvalue weighted by atomic mass is 16.5. The van der Waals surface area contributed by atoms with Gasteiger partial charge in [0.1, 0.15) is 11.9 Å². The van der Waals surface area contributed by atoms with Crippen molar-refractivity contribution in [3.8, 4) is 5.75 Å². The molecule has 0 N–H and O–H groups in total. The van der Waals surface area contributed by atoms with E-state index in [1.807, 2.05) is 6.92 Å². The monoisotopic (exact) mass is 440 g/mol. The first-order chi connectivity index (χ1) is 15.6. The van der Waals surface area contributed by atoms with Crippen molar-refractivity contribution in [3.05, 3.63) is 53.6 Å². The Morgan fingerprint density at radius 2 is 1.34 bits per heavy atom. The summed E-state index contributed by atoms with van der Waals surface area (Å²) in [4.78, 5) is 4.85. The maximum atomic E-state index is 6.06. The molecule has 178 valence electrons. The molecule has 1 atom stereocenters. The number of nitrogens with zero attached hydrogens (tertiary/aromatic N) is 2. The normalized spacial score (nSPS) is 11.9. The third kappa shape index (κ3) is 6.90. The molecule has 2 aromatic carbocycles. The molecule has 4 heteroatoms. The van der Waals surface area contributed by atoms with E-state index in [0.717, 1.165) is 43.1 Å². The molecule has 4 nitrogen and oxygen atoms in total. The van der Waals surface area contributed by atoms with Crippen molar-refractivity contribution in [1.29, 1.82) is 0 Å². The summed E-state index contributed by atoms with van der Waals surface area (Å²) in [5.41, 5.74) is 4.72. The first kappa shape index (κ1) is 26.1. The van der Waals surface area contributed by atoms with Gasteiger partial charge >= 0.3 is 0 Å². The average Bonchev–Trinajstić information content (AvgIpc) is 2.82. The van der Waals surface area contributed by atoms with Crippen LogP contribution in [0.4, 0.5) is 11.4 Å². The van der Waals surface area contributed by atoms with E-state index in [0.29, 0.717) is 6.61 Å². The third-order valence-corrected chi connectivity index (χ3v) is 6.07. The van der Waals surface area contributed by atoms with Gasteiger partial charge in [-0.3, -0.25) is 0 Å². The van der Waals surface area contributed by atoms with Crippen molar-refractivity contribution in [2.45, 2.75) is 66.4 Å². The third-order valence-electron chi connectivity index (χ3n) is 6.07. The van der Waals surface area contributed by atoms with Crippen LogP contribution in [0.3, 0.4) is 0 Å². The predicted molar refractivity (Wildman–Crippen MR) is 138 cm³/mol. The lowest BCUT2D eigenvalue weighted by Gasteiger charge is -2.26. The maximum Gasteiger partial charge on any atom is 0.127 e. The Kier molecular flexibility index (Phi) is 11.4. The number of unbranched alkanes of at least 4 members (excludes halogenated alkanes) is 2. The summed E-state index contributed by atoms with van der Waals surface area (Å²) in [5, 5.41) is 0. The zero-order chi connectivity index (χ0) is 23.3. The molecule has 32 heavy (non-hydrogen) atoms. The molecular formula is C28H44N2O2. The molecular weight excluding hydrogens is 396 g/mol. The Bertz CT molecular complexity index is 764. The molecule has 0 radical (unpaired) electrons. The molecule has 0 bridgehead atoms. The minimum atomic E-state index is -0.156. The molecule has 0 saturated carbocycles. The van der Waals surface area contributed by atoms with Crippen molar-refractivity contribution >= 4 is 11.4 Å². The van der Waals surface area contributed by atoms with Gasteiger partial charge in [0.05, 0.1) is 6.61 Å². The van der Waals surface area contributed by atoms with Crippen molar-refractivity contribution in [2.75, 3.05) is 49.7 Å². The summed E-state index contributed by atoms with van der Waals surface area (Å²) in [6.45, 7) is 15.7. The van der Waals surface area contributed by atoms with E-state index < -0.39 is 0 Å². The standard InChI is InChI=1S/C28H44N2O2/c1-7-12-20-30(21-13-8-2)24-16-14-23(15-17-24)28(31-6)26-19-18-25(29(9-3)10-4)22-27(26)32-11-5/h14-19,22,28H,7-13,20-21H2,1-6H3. The molecule has 0 aliphatic heterocycles. The number of hydrogen-bond acceptors (Lipinski definition) is 4. The lowest BCUT2D eigenvalue weighted by atomic mass is 9.99. The zero-order valence-corrected chi connectivity index (χ0v) is 21.2. The number of ether oxygens (including phenoxy) is 2. The summed E-state index contributed by atoms with van der Waals surface area (Å²) >= 11 is 0. The van der Waals surface area contributed by atoms with E-state index in [2.05, 4.69) is 80.0 Å². The van der Waals surface area contributed by atoms with Crippen LogP contribution in [0.5, 0.6) is 5.75 Å². The average molecular weight is 441 g/mol. The lowest BCUT2D eigenvalue weighted by molar-refractivity contribution is 0.133. The molecule has 0 aromatic heterocycles. The first-order valence-corrected chi connectivity index (χ1v) is 12.5. The van der Waals surface area contributed by atoms with Crippen LogP contribution in [0.2, 0.25) is 0 Å². The van der Waals surface area contributed by atoms with Gasteiger partial charge in [0.25, 0.3) is 0 Å².